The number of hydrogen-bond acceptors (Lipinski definition) is 1. The van der Waals surface area contributed by atoms with Crippen LogP contribution in [0.25, 0.3) is 38.5 Å². The first-order valence-corrected chi connectivity index (χ1v) is 18.3. The van der Waals surface area contributed by atoms with Crippen LogP contribution in [0.1, 0.15) is 47.6 Å². The second-order valence-corrected chi connectivity index (χ2v) is 14.2. The van der Waals surface area contributed by atoms with Crippen molar-refractivity contribution in [3.63, 3.8) is 0 Å². The molecule has 0 saturated heterocycles. The zero-order chi connectivity index (χ0) is 33.5. The van der Waals surface area contributed by atoms with Crippen molar-refractivity contribution in [3.8, 4) is 11.1 Å². The van der Waals surface area contributed by atoms with Crippen molar-refractivity contribution >= 4 is 38.8 Å². The van der Waals surface area contributed by atoms with Crippen molar-refractivity contribution in [1.82, 2.24) is 4.57 Å². The Morgan fingerprint density at radius 1 is 0.588 bits per heavy atom. The Bertz CT molecular complexity index is 2630. The van der Waals surface area contributed by atoms with Crippen molar-refractivity contribution in [1.29, 1.82) is 0 Å². The van der Waals surface area contributed by atoms with Gasteiger partial charge in [-0.3, -0.25) is 0 Å². The highest BCUT2D eigenvalue weighted by Crippen LogP contribution is 2.60. The van der Waals surface area contributed by atoms with Crippen molar-refractivity contribution in [2.24, 2.45) is 0 Å². The van der Waals surface area contributed by atoms with E-state index in [9.17, 15) is 0 Å². The molecule has 1 aromatic heterocycles. The van der Waals surface area contributed by atoms with Gasteiger partial charge in [-0.05, 0) is 83.0 Å². The molecule has 1 aliphatic heterocycles. The minimum absolute atomic E-state index is 0.126. The van der Waals surface area contributed by atoms with E-state index < -0.39 is 5.41 Å². The van der Waals surface area contributed by atoms with Crippen LogP contribution >= 0.6 is 0 Å². The zero-order valence-electron chi connectivity index (χ0n) is 28.3. The second-order valence-electron chi connectivity index (χ2n) is 14.2. The summed E-state index contributed by atoms with van der Waals surface area (Å²) in [7, 11) is 0. The number of nitrogens with zero attached hydrogens (tertiary/aromatic N) is 2. The molecular formula is C49H36N2. The summed E-state index contributed by atoms with van der Waals surface area (Å²) < 4.78 is 2.63. The fourth-order valence-electron chi connectivity index (χ4n) is 9.80. The van der Waals surface area contributed by atoms with E-state index >= 15 is 0 Å². The average Bonchev–Trinajstić information content (AvgIpc) is 3.69. The third kappa shape index (κ3) is 3.88. The van der Waals surface area contributed by atoms with Crippen molar-refractivity contribution in [2.45, 2.75) is 30.7 Å². The third-order valence-electron chi connectivity index (χ3n) is 11.8. The van der Waals surface area contributed by atoms with E-state index in [1.165, 1.54) is 83.4 Å². The molecule has 0 spiro atoms. The fourth-order valence-corrected chi connectivity index (χ4v) is 9.80. The lowest BCUT2D eigenvalue weighted by molar-refractivity contribution is 0.599. The molecule has 2 nitrogen and oxygen atoms in total. The molecule has 4 aliphatic rings. The van der Waals surface area contributed by atoms with Crippen LogP contribution in [0, 0.1) is 0 Å². The number of rotatable bonds is 3. The smallest absolute Gasteiger partial charge is 0.0781 e. The molecule has 3 aliphatic carbocycles. The number of benzene rings is 6. The van der Waals surface area contributed by atoms with Crippen molar-refractivity contribution in [2.75, 3.05) is 4.90 Å². The molecule has 0 N–H and O–H groups in total. The Hall–Kier alpha value is -6.12. The Morgan fingerprint density at radius 2 is 1.29 bits per heavy atom. The van der Waals surface area contributed by atoms with E-state index in [2.05, 4.69) is 185 Å². The maximum Gasteiger partial charge on any atom is 0.0781 e. The predicted octanol–water partition coefficient (Wildman–Crippen LogP) is 12.4. The summed E-state index contributed by atoms with van der Waals surface area (Å²) in [6.45, 7) is 0. The summed E-state index contributed by atoms with van der Waals surface area (Å²) in [4.78, 5) is 2.58. The van der Waals surface area contributed by atoms with Gasteiger partial charge in [-0.25, -0.2) is 0 Å². The zero-order valence-corrected chi connectivity index (χ0v) is 28.3. The van der Waals surface area contributed by atoms with Gasteiger partial charge >= 0.3 is 0 Å². The third-order valence-corrected chi connectivity index (χ3v) is 11.8. The first-order valence-electron chi connectivity index (χ1n) is 18.3. The Kier molecular flexibility index (Phi) is 6.15. The largest absolute Gasteiger partial charge is 0.330 e. The lowest BCUT2D eigenvalue weighted by Crippen LogP contribution is -2.30. The van der Waals surface area contributed by atoms with Gasteiger partial charge in [0.05, 0.1) is 22.7 Å². The van der Waals surface area contributed by atoms with Crippen LogP contribution in [0.3, 0.4) is 0 Å². The van der Waals surface area contributed by atoms with Crippen LogP contribution in [0.4, 0.5) is 11.4 Å². The summed E-state index contributed by atoms with van der Waals surface area (Å²) in [6.07, 6.45) is 15.0. The molecule has 6 aromatic carbocycles. The molecule has 1 unspecified atom stereocenters. The molecular weight excluding hydrogens is 617 g/mol. The monoisotopic (exact) mass is 652 g/mol. The van der Waals surface area contributed by atoms with E-state index in [1.807, 2.05) is 0 Å². The summed E-state index contributed by atoms with van der Waals surface area (Å²) in [6, 6.07) is 54.7. The van der Waals surface area contributed by atoms with Crippen molar-refractivity contribution in [3.05, 3.63) is 209 Å². The number of fused-ring (bicyclic) bond motifs is 10. The molecule has 51 heavy (non-hydrogen) atoms. The first-order chi connectivity index (χ1) is 25.3. The van der Waals surface area contributed by atoms with Gasteiger partial charge in [-0.2, -0.15) is 0 Å². The van der Waals surface area contributed by atoms with E-state index in [0.29, 0.717) is 0 Å². The lowest BCUT2D eigenvalue weighted by Gasteiger charge is -2.39. The highest BCUT2D eigenvalue weighted by Gasteiger charge is 2.49. The normalized spacial score (nSPS) is 18.2. The first kappa shape index (κ1) is 28.7. The highest BCUT2D eigenvalue weighted by molar-refractivity contribution is 6.14. The molecule has 2 heterocycles. The Balaban J connectivity index is 1.23. The summed E-state index contributed by atoms with van der Waals surface area (Å²) >= 11 is 0. The van der Waals surface area contributed by atoms with Crippen LogP contribution < -0.4 is 4.90 Å². The molecule has 0 amide bonds. The molecule has 0 radical (unpaired) electrons. The maximum atomic E-state index is 2.63. The highest BCUT2D eigenvalue weighted by atomic mass is 15.2. The van der Waals surface area contributed by atoms with Crippen LogP contribution in [0.2, 0.25) is 0 Å². The number of aromatic nitrogens is 1. The van der Waals surface area contributed by atoms with Crippen LogP contribution in [0.5, 0.6) is 0 Å². The van der Waals surface area contributed by atoms with Crippen molar-refractivity contribution < 1.29 is 0 Å². The van der Waals surface area contributed by atoms with E-state index in [0.717, 1.165) is 19.3 Å². The van der Waals surface area contributed by atoms with Gasteiger partial charge in [-0.15, -0.1) is 0 Å². The van der Waals surface area contributed by atoms with Crippen LogP contribution in [0.15, 0.2) is 187 Å². The topological polar surface area (TPSA) is 8.17 Å². The van der Waals surface area contributed by atoms with Gasteiger partial charge in [0, 0.05) is 38.8 Å². The van der Waals surface area contributed by atoms with Gasteiger partial charge in [-0.1, -0.05) is 146 Å². The molecule has 7 aromatic rings. The molecule has 0 saturated carbocycles. The van der Waals surface area contributed by atoms with E-state index in [4.69, 9.17) is 0 Å². The molecule has 0 bridgehead atoms. The molecule has 242 valence electrons. The van der Waals surface area contributed by atoms with Crippen LogP contribution in [-0.2, 0) is 5.41 Å². The Labute approximate surface area is 298 Å². The fraction of sp³-hybridized carbons (Fsp3) is 0.102. The molecule has 1 atom stereocenters. The quantitative estimate of drug-likeness (QED) is 0.184. The summed E-state index contributed by atoms with van der Waals surface area (Å²) in [5.74, 6) is 0. The summed E-state index contributed by atoms with van der Waals surface area (Å²) in [5.41, 5.74) is 16.5. The predicted molar refractivity (Wildman–Crippen MR) is 212 cm³/mol. The van der Waals surface area contributed by atoms with Gasteiger partial charge in [0.25, 0.3) is 0 Å². The van der Waals surface area contributed by atoms with Crippen LogP contribution in [-0.4, -0.2) is 4.57 Å². The summed E-state index contributed by atoms with van der Waals surface area (Å²) in [5, 5.41) is 2.63. The minimum Gasteiger partial charge on any atom is -0.330 e. The number of para-hydroxylation sites is 3. The van der Waals surface area contributed by atoms with E-state index in [1.54, 1.807) is 0 Å². The van der Waals surface area contributed by atoms with Gasteiger partial charge in [0.15, 0.2) is 0 Å². The SMILES string of the molecule is C1=CCC2C(=C1)N(c1ccc3c(c1)C(c1ccccc1)(c1ccccc1)C1=CCCC=C13)c1ccccc1-c1cccc3c4ccccc4n2c13. The molecule has 11 rings (SSSR count). The van der Waals surface area contributed by atoms with Gasteiger partial charge in [0.1, 0.15) is 0 Å². The molecule has 0 fully saturated rings. The number of allylic oxidation sites excluding steroid dienone is 8. The van der Waals surface area contributed by atoms with Gasteiger partial charge in [0.2, 0.25) is 0 Å². The number of hydrogen-bond donors (Lipinski definition) is 0. The Morgan fingerprint density at radius 3 is 2.14 bits per heavy atom. The minimum atomic E-state index is -0.419. The second kappa shape index (κ2) is 10.9. The number of anilines is 2. The lowest BCUT2D eigenvalue weighted by atomic mass is 9.66. The molecule has 2 heteroatoms. The maximum absolute atomic E-state index is 2.63. The van der Waals surface area contributed by atoms with E-state index in [-0.39, 0.29) is 6.04 Å². The standard InChI is InChI=1S/C49H36N2/c1-3-16-33(17-4-1)49(34-18-5-2-6-19-34)42-25-10-7-20-36(42)37-31-30-35(32-43(37)49)50-44-26-11-8-21-38(44)40-23-15-24-41-39-22-9-12-27-45(39)51(48(40)41)47-29-14-13-28-46(47)50/h1-6,8-9,11-28,30-32,47H,7,10,29H2. The van der Waals surface area contributed by atoms with Gasteiger partial charge < -0.3 is 9.47 Å². The average molecular weight is 653 g/mol.